The molecule has 13 heavy (non-hydrogen) atoms. The van der Waals surface area contributed by atoms with E-state index in [-0.39, 0.29) is 17.9 Å². The minimum atomic E-state index is 0.0446. The number of amides is 1. The summed E-state index contributed by atoms with van der Waals surface area (Å²) in [4.78, 5) is 13.3. The lowest BCUT2D eigenvalue weighted by molar-refractivity contribution is -0.133. The fourth-order valence-corrected chi connectivity index (χ4v) is 1.79. The van der Waals surface area contributed by atoms with Gasteiger partial charge in [0.25, 0.3) is 0 Å². The Kier molecular flexibility index (Phi) is 4.00. The molecule has 0 aromatic heterocycles. The number of hydrogen-bond acceptors (Lipinski definition) is 2. The van der Waals surface area contributed by atoms with Gasteiger partial charge in [0.15, 0.2) is 0 Å². The van der Waals surface area contributed by atoms with Crippen LogP contribution in [0, 0.1) is 5.92 Å². The van der Waals surface area contributed by atoms with Gasteiger partial charge in [-0.15, -0.1) is 11.6 Å². The molecule has 2 unspecified atom stereocenters. The number of hydrogen-bond donors (Lipinski definition) is 0. The molecule has 1 fully saturated rings. The Balaban J connectivity index is 2.38. The van der Waals surface area contributed by atoms with Crippen molar-refractivity contribution in [3.63, 3.8) is 0 Å². The summed E-state index contributed by atoms with van der Waals surface area (Å²) in [6, 6.07) is 0. The van der Waals surface area contributed by atoms with Gasteiger partial charge in [-0.25, -0.2) is 0 Å². The highest BCUT2D eigenvalue weighted by molar-refractivity contribution is 6.18. The van der Waals surface area contributed by atoms with Crippen LogP contribution in [-0.2, 0) is 9.53 Å². The zero-order chi connectivity index (χ0) is 9.84. The second-order valence-electron chi connectivity index (χ2n) is 3.53. The largest absolute Gasteiger partial charge is 0.378 e. The summed E-state index contributed by atoms with van der Waals surface area (Å²) in [5.74, 6) is 0.693. The van der Waals surface area contributed by atoms with Gasteiger partial charge >= 0.3 is 0 Å². The minimum absolute atomic E-state index is 0.0446. The number of nitrogens with zero attached hydrogens (tertiary/aromatic N) is 1. The highest BCUT2D eigenvalue weighted by atomic mass is 35.5. The molecule has 76 valence electrons. The number of carbonyl (C=O) groups excluding carboxylic acids is 1. The first kappa shape index (κ1) is 10.8. The van der Waals surface area contributed by atoms with E-state index in [9.17, 15) is 4.79 Å². The van der Waals surface area contributed by atoms with Gasteiger partial charge in [-0.2, -0.15) is 0 Å². The van der Waals surface area contributed by atoms with E-state index in [0.717, 1.165) is 6.42 Å². The number of rotatable bonds is 3. The molecule has 1 aliphatic heterocycles. The smallest absolute Gasteiger partial charge is 0.227 e. The number of ether oxygens (including phenoxy) is 1. The van der Waals surface area contributed by atoms with Crippen LogP contribution >= 0.6 is 11.6 Å². The van der Waals surface area contributed by atoms with Crippen molar-refractivity contribution in [3.8, 4) is 0 Å². The molecule has 3 nitrogen and oxygen atoms in total. The van der Waals surface area contributed by atoms with Gasteiger partial charge in [0.1, 0.15) is 0 Å². The molecule has 0 spiro atoms. The second kappa shape index (κ2) is 4.82. The highest BCUT2D eigenvalue weighted by Gasteiger charge is 2.29. The van der Waals surface area contributed by atoms with Gasteiger partial charge in [0, 0.05) is 19.5 Å². The lowest BCUT2D eigenvalue weighted by Gasteiger charge is -2.18. The number of halogens is 1. The molecule has 1 aliphatic rings. The predicted octanol–water partition coefficient (Wildman–Crippen LogP) is 1.11. The Morgan fingerprint density at radius 1 is 1.69 bits per heavy atom. The maximum atomic E-state index is 11.7. The van der Waals surface area contributed by atoms with Crippen molar-refractivity contribution in [3.05, 3.63) is 0 Å². The summed E-state index contributed by atoms with van der Waals surface area (Å²) in [5.41, 5.74) is 0. The van der Waals surface area contributed by atoms with Crippen molar-refractivity contribution in [1.29, 1.82) is 0 Å². The normalized spacial score (nSPS) is 27.6. The third-order valence-corrected chi connectivity index (χ3v) is 2.51. The number of carbonyl (C=O) groups is 1. The minimum Gasteiger partial charge on any atom is -0.378 e. The van der Waals surface area contributed by atoms with Crippen LogP contribution in [0.3, 0.4) is 0 Å². The average Bonchev–Trinajstić information content (AvgIpc) is 2.51. The van der Waals surface area contributed by atoms with Gasteiger partial charge in [0.05, 0.1) is 18.6 Å². The molecule has 0 N–H and O–H groups in total. The Morgan fingerprint density at radius 3 is 2.85 bits per heavy atom. The van der Waals surface area contributed by atoms with E-state index in [1.807, 2.05) is 6.92 Å². The Hall–Kier alpha value is -0.280. The Morgan fingerprint density at radius 2 is 2.38 bits per heavy atom. The molecule has 0 aliphatic carbocycles. The zero-order valence-corrected chi connectivity index (χ0v) is 8.88. The lowest BCUT2D eigenvalue weighted by atomic mass is 10.1. The predicted molar refractivity (Wildman–Crippen MR) is 51.9 cm³/mol. The lowest BCUT2D eigenvalue weighted by Crippen LogP contribution is -2.34. The van der Waals surface area contributed by atoms with Crippen molar-refractivity contribution < 1.29 is 9.53 Å². The highest BCUT2D eigenvalue weighted by Crippen LogP contribution is 2.20. The van der Waals surface area contributed by atoms with Crippen molar-refractivity contribution in [2.45, 2.75) is 19.4 Å². The Labute approximate surface area is 84.0 Å². The van der Waals surface area contributed by atoms with Gasteiger partial charge in [-0.1, -0.05) is 0 Å². The van der Waals surface area contributed by atoms with E-state index >= 15 is 0 Å². The second-order valence-corrected chi connectivity index (χ2v) is 3.90. The summed E-state index contributed by atoms with van der Waals surface area (Å²) >= 11 is 5.55. The first-order valence-electron chi connectivity index (χ1n) is 4.57. The topological polar surface area (TPSA) is 29.5 Å². The van der Waals surface area contributed by atoms with Gasteiger partial charge in [0.2, 0.25) is 5.91 Å². The maximum Gasteiger partial charge on any atom is 0.227 e. The maximum absolute atomic E-state index is 11.7. The van der Waals surface area contributed by atoms with Gasteiger partial charge in [-0.3, -0.25) is 4.79 Å². The molecule has 0 radical (unpaired) electrons. The first-order valence-corrected chi connectivity index (χ1v) is 5.11. The molecule has 0 aromatic rings. The molecule has 1 saturated heterocycles. The van der Waals surface area contributed by atoms with E-state index in [1.165, 1.54) is 0 Å². The molecular weight excluding hydrogens is 190 g/mol. The third kappa shape index (κ3) is 2.85. The monoisotopic (exact) mass is 205 g/mol. The fraction of sp³-hybridized carbons (Fsp3) is 0.889. The molecule has 0 aromatic carbocycles. The van der Waals surface area contributed by atoms with E-state index in [2.05, 4.69) is 0 Å². The van der Waals surface area contributed by atoms with Crippen LogP contribution < -0.4 is 0 Å². The van der Waals surface area contributed by atoms with Crippen LogP contribution in [-0.4, -0.2) is 43.0 Å². The quantitative estimate of drug-likeness (QED) is 0.646. The van der Waals surface area contributed by atoms with Crippen LogP contribution in [0.15, 0.2) is 0 Å². The zero-order valence-electron chi connectivity index (χ0n) is 8.12. The summed E-state index contributed by atoms with van der Waals surface area (Å²) in [5, 5.41) is 0. The average molecular weight is 206 g/mol. The van der Waals surface area contributed by atoms with E-state index in [1.54, 1.807) is 11.9 Å². The summed E-state index contributed by atoms with van der Waals surface area (Å²) in [6.45, 7) is 3.17. The summed E-state index contributed by atoms with van der Waals surface area (Å²) < 4.78 is 5.33. The van der Waals surface area contributed by atoms with Crippen LogP contribution in [0.5, 0.6) is 0 Å². The molecular formula is C9H16ClNO2. The molecule has 1 heterocycles. The van der Waals surface area contributed by atoms with Crippen LogP contribution in [0.4, 0.5) is 0 Å². The molecule has 2 atom stereocenters. The van der Waals surface area contributed by atoms with Gasteiger partial charge in [-0.05, 0) is 13.3 Å². The van der Waals surface area contributed by atoms with Crippen LogP contribution in [0.1, 0.15) is 13.3 Å². The number of alkyl halides is 1. The van der Waals surface area contributed by atoms with Crippen molar-refractivity contribution in [1.82, 2.24) is 4.90 Å². The first-order chi connectivity index (χ1) is 6.15. The summed E-state index contributed by atoms with van der Waals surface area (Å²) in [6.07, 6.45) is 1.06. The van der Waals surface area contributed by atoms with Crippen LogP contribution in [0.25, 0.3) is 0 Å². The molecule has 4 heteroatoms. The van der Waals surface area contributed by atoms with E-state index in [4.69, 9.17) is 16.3 Å². The standard InChI is InChI=1S/C9H16ClNO2/c1-7-5-8(6-13-7)9(12)11(2)4-3-10/h7-8H,3-6H2,1-2H3. The molecule has 0 saturated carbocycles. The SMILES string of the molecule is CC1CC(C(=O)N(C)CCCl)CO1. The molecule has 1 rings (SSSR count). The fourth-order valence-electron chi connectivity index (χ4n) is 1.54. The molecule has 1 amide bonds. The van der Waals surface area contributed by atoms with Crippen LogP contribution in [0.2, 0.25) is 0 Å². The third-order valence-electron chi connectivity index (χ3n) is 2.34. The van der Waals surface area contributed by atoms with Gasteiger partial charge < -0.3 is 9.64 Å². The van der Waals surface area contributed by atoms with Crippen molar-refractivity contribution in [2.75, 3.05) is 26.1 Å². The molecule has 0 bridgehead atoms. The Bertz CT molecular complexity index is 186. The van der Waals surface area contributed by atoms with E-state index < -0.39 is 0 Å². The summed E-state index contributed by atoms with van der Waals surface area (Å²) in [7, 11) is 1.79. The van der Waals surface area contributed by atoms with Crippen molar-refractivity contribution >= 4 is 17.5 Å². The van der Waals surface area contributed by atoms with E-state index in [0.29, 0.717) is 19.0 Å². The van der Waals surface area contributed by atoms with Crippen molar-refractivity contribution in [2.24, 2.45) is 5.92 Å².